The molecule has 106 valence electrons. The zero-order valence-corrected chi connectivity index (χ0v) is 12.1. The van der Waals surface area contributed by atoms with Crippen LogP contribution in [0.15, 0.2) is 18.2 Å². The normalized spacial score (nSPS) is 10.8. The van der Waals surface area contributed by atoms with Crippen LogP contribution in [0.1, 0.15) is 29.8 Å². The smallest absolute Gasteiger partial charge is 0.335 e. The van der Waals surface area contributed by atoms with Gasteiger partial charge in [-0.25, -0.2) is 4.79 Å². The molecule has 0 heterocycles. The highest BCUT2D eigenvalue weighted by atomic mass is 16.5. The summed E-state index contributed by atoms with van der Waals surface area (Å²) in [5.74, 6) is -0.350. The number of benzene rings is 1. The molecule has 4 heteroatoms. The summed E-state index contributed by atoms with van der Waals surface area (Å²) in [5, 5.41) is 8.99. The summed E-state index contributed by atoms with van der Waals surface area (Å²) >= 11 is 0. The molecule has 1 rings (SSSR count). The maximum Gasteiger partial charge on any atom is 0.335 e. The standard InChI is InChI=1S/C15H23NO3/c1-11(2)10-16(7-8-19-4)14-6-5-13(15(17)18)9-12(14)3/h5-6,9,11H,7-8,10H2,1-4H3,(H,17,18). The van der Waals surface area contributed by atoms with Crippen LogP contribution in [0, 0.1) is 12.8 Å². The molecule has 4 nitrogen and oxygen atoms in total. The van der Waals surface area contributed by atoms with Gasteiger partial charge in [-0.15, -0.1) is 0 Å². The minimum absolute atomic E-state index is 0.331. The molecular formula is C15H23NO3. The lowest BCUT2D eigenvalue weighted by atomic mass is 10.1. The molecule has 0 atom stereocenters. The molecule has 0 aromatic heterocycles. The largest absolute Gasteiger partial charge is 0.478 e. The first-order valence-corrected chi connectivity index (χ1v) is 6.53. The van der Waals surface area contributed by atoms with E-state index in [1.54, 1.807) is 19.2 Å². The molecule has 0 aliphatic rings. The zero-order valence-electron chi connectivity index (χ0n) is 12.1. The fourth-order valence-corrected chi connectivity index (χ4v) is 2.10. The van der Waals surface area contributed by atoms with Crippen molar-refractivity contribution in [1.29, 1.82) is 0 Å². The van der Waals surface area contributed by atoms with Gasteiger partial charge in [0, 0.05) is 25.9 Å². The second-order valence-corrected chi connectivity index (χ2v) is 5.14. The van der Waals surface area contributed by atoms with Gasteiger partial charge in [-0.3, -0.25) is 0 Å². The molecule has 0 saturated carbocycles. The Hall–Kier alpha value is -1.55. The number of carboxylic acids is 1. The Morgan fingerprint density at radius 2 is 2.11 bits per heavy atom. The fourth-order valence-electron chi connectivity index (χ4n) is 2.10. The zero-order chi connectivity index (χ0) is 14.4. The van der Waals surface area contributed by atoms with Crippen LogP contribution in [-0.2, 0) is 4.74 Å². The third-order valence-corrected chi connectivity index (χ3v) is 2.94. The monoisotopic (exact) mass is 265 g/mol. The topological polar surface area (TPSA) is 49.8 Å². The van der Waals surface area contributed by atoms with Crippen LogP contribution < -0.4 is 4.90 Å². The third-order valence-electron chi connectivity index (χ3n) is 2.94. The maximum absolute atomic E-state index is 11.0. The van der Waals surface area contributed by atoms with Gasteiger partial charge in [0.05, 0.1) is 12.2 Å². The fraction of sp³-hybridized carbons (Fsp3) is 0.533. The molecular weight excluding hydrogens is 242 g/mol. The first-order valence-electron chi connectivity index (χ1n) is 6.53. The lowest BCUT2D eigenvalue weighted by molar-refractivity contribution is 0.0697. The molecule has 0 amide bonds. The van der Waals surface area contributed by atoms with Crippen molar-refractivity contribution < 1.29 is 14.6 Å². The molecule has 1 aromatic carbocycles. The highest BCUT2D eigenvalue weighted by Gasteiger charge is 2.13. The number of aromatic carboxylic acids is 1. The number of ether oxygens (including phenoxy) is 1. The van der Waals surface area contributed by atoms with Gasteiger partial charge in [0.25, 0.3) is 0 Å². The number of aryl methyl sites for hydroxylation is 1. The molecule has 0 bridgehead atoms. The highest BCUT2D eigenvalue weighted by Crippen LogP contribution is 2.22. The van der Waals surface area contributed by atoms with Gasteiger partial charge in [0.1, 0.15) is 0 Å². The maximum atomic E-state index is 11.0. The summed E-state index contributed by atoms with van der Waals surface area (Å²) in [6, 6.07) is 5.26. The first-order chi connectivity index (χ1) is 8.95. The van der Waals surface area contributed by atoms with E-state index in [0.717, 1.165) is 24.3 Å². The van der Waals surface area contributed by atoms with E-state index in [0.29, 0.717) is 18.1 Å². The van der Waals surface area contributed by atoms with Crippen molar-refractivity contribution in [2.45, 2.75) is 20.8 Å². The Morgan fingerprint density at radius 3 is 2.58 bits per heavy atom. The van der Waals surface area contributed by atoms with Crippen LogP contribution in [0.3, 0.4) is 0 Å². The minimum Gasteiger partial charge on any atom is -0.478 e. The van der Waals surface area contributed by atoms with E-state index in [1.807, 2.05) is 13.0 Å². The molecule has 0 fully saturated rings. The Balaban J connectivity index is 2.97. The number of anilines is 1. The number of nitrogens with zero attached hydrogens (tertiary/aromatic N) is 1. The van der Waals surface area contributed by atoms with E-state index in [-0.39, 0.29) is 0 Å². The summed E-state index contributed by atoms with van der Waals surface area (Å²) in [7, 11) is 1.69. The highest BCUT2D eigenvalue weighted by molar-refractivity contribution is 5.88. The minimum atomic E-state index is -0.887. The Morgan fingerprint density at radius 1 is 1.42 bits per heavy atom. The van der Waals surface area contributed by atoms with Crippen molar-refractivity contribution in [3.05, 3.63) is 29.3 Å². The van der Waals surface area contributed by atoms with Crippen molar-refractivity contribution in [2.75, 3.05) is 31.7 Å². The molecule has 1 aromatic rings. The van der Waals surface area contributed by atoms with Crippen molar-refractivity contribution >= 4 is 11.7 Å². The second-order valence-electron chi connectivity index (χ2n) is 5.14. The van der Waals surface area contributed by atoms with Gasteiger partial charge >= 0.3 is 5.97 Å². The summed E-state index contributed by atoms with van der Waals surface area (Å²) in [6.07, 6.45) is 0. The van der Waals surface area contributed by atoms with Gasteiger partial charge in [0.15, 0.2) is 0 Å². The number of carbonyl (C=O) groups is 1. The second kappa shape index (κ2) is 7.14. The average Bonchev–Trinajstić information content (AvgIpc) is 2.34. The molecule has 1 N–H and O–H groups in total. The van der Waals surface area contributed by atoms with Crippen LogP contribution >= 0.6 is 0 Å². The SMILES string of the molecule is COCCN(CC(C)C)c1ccc(C(=O)O)cc1C. The summed E-state index contributed by atoms with van der Waals surface area (Å²) < 4.78 is 5.14. The number of rotatable bonds is 7. The Bertz CT molecular complexity index is 429. The molecule has 0 aliphatic heterocycles. The average molecular weight is 265 g/mol. The van der Waals surface area contributed by atoms with Crippen LogP contribution in [0.2, 0.25) is 0 Å². The molecule has 0 spiro atoms. The molecule has 19 heavy (non-hydrogen) atoms. The van der Waals surface area contributed by atoms with Crippen molar-refractivity contribution in [3.8, 4) is 0 Å². The Kier molecular flexibility index (Phi) is 5.83. The number of hydrogen-bond donors (Lipinski definition) is 1. The van der Waals surface area contributed by atoms with Crippen molar-refractivity contribution in [1.82, 2.24) is 0 Å². The van der Waals surface area contributed by atoms with Crippen LogP contribution in [0.5, 0.6) is 0 Å². The van der Waals surface area contributed by atoms with Crippen LogP contribution in [-0.4, -0.2) is 37.9 Å². The van der Waals surface area contributed by atoms with Gasteiger partial charge in [-0.1, -0.05) is 13.8 Å². The lowest BCUT2D eigenvalue weighted by Crippen LogP contribution is -2.31. The molecule has 0 aliphatic carbocycles. The van der Waals surface area contributed by atoms with E-state index in [1.165, 1.54) is 0 Å². The number of carboxylic acid groups (broad SMARTS) is 1. The van der Waals surface area contributed by atoms with Gasteiger partial charge < -0.3 is 14.7 Å². The van der Waals surface area contributed by atoms with Crippen LogP contribution in [0.4, 0.5) is 5.69 Å². The molecule has 0 unspecified atom stereocenters. The predicted molar refractivity (Wildman–Crippen MR) is 77.1 cm³/mol. The van der Waals surface area contributed by atoms with E-state index in [2.05, 4.69) is 18.7 Å². The first kappa shape index (κ1) is 15.5. The van der Waals surface area contributed by atoms with Crippen molar-refractivity contribution in [3.63, 3.8) is 0 Å². The van der Waals surface area contributed by atoms with E-state index < -0.39 is 5.97 Å². The molecule has 0 radical (unpaired) electrons. The quantitative estimate of drug-likeness (QED) is 0.823. The summed E-state index contributed by atoms with van der Waals surface area (Å²) in [5.41, 5.74) is 2.39. The van der Waals surface area contributed by atoms with Gasteiger partial charge in [0.2, 0.25) is 0 Å². The van der Waals surface area contributed by atoms with E-state index in [9.17, 15) is 4.79 Å². The Labute approximate surface area is 115 Å². The lowest BCUT2D eigenvalue weighted by Gasteiger charge is -2.28. The third kappa shape index (κ3) is 4.56. The molecule has 0 saturated heterocycles. The summed E-state index contributed by atoms with van der Waals surface area (Å²) in [6.45, 7) is 8.68. The van der Waals surface area contributed by atoms with Gasteiger partial charge in [-0.05, 0) is 36.6 Å². The van der Waals surface area contributed by atoms with Crippen LogP contribution in [0.25, 0.3) is 0 Å². The van der Waals surface area contributed by atoms with Gasteiger partial charge in [-0.2, -0.15) is 0 Å². The predicted octanol–water partition coefficient (Wildman–Crippen LogP) is 2.80. The van der Waals surface area contributed by atoms with E-state index in [4.69, 9.17) is 9.84 Å². The van der Waals surface area contributed by atoms with E-state index >= 15 is 0 Å². The number of hydrogen-bond acceptors (Lipinski definition) is 3. The number of methoxy groups -OCH3 is 1. The summed E-state index contributed by atoms with van der Waals surface area (Å²) in [4.78, 5) is 13.2. The van der Waals surface area contributed by atoms with Crippen molar-refractivity contribution in [2.24, 2.45) is 5.92 Å².